The monoisotopic (exact) mass is 312 g/mol. The summed E-state index contributed by atoms with van der Waals surface area (Å²) in [5.41, 5.74) is 0. The summed E-state index contributed by atoms with van der Waals surface area (Å²) in [5, 5.41) is 0. The van der Waals surface area contributed by atoms with Gasteiger partial charge in [-0.25, -0.2) is 0 Å². The first-order chi connectivity index (χ1) is 10.1. The minimum atomic E-state index is -1.99. The van der Waals surface area contributed by atoms with Gasteiger partial charge in [0, 0.05) is 12.7 Å². The van der Waals surface area contributed by atoms with Crippen molar-refractivity contribution >= 4 is 8.56 Å². The van der Waals surface area contributed by atoms with Gasteiger partial charge in [0.25, 0.3) is 0 Å². The quantitative estimate of drug-likeness (QED) is 0.446. The lowest BCUT2D eigenvalue weighted by Gasteiger charge is -2.34. The lowest BCUT2D eigenvalue weighted by Crippen LogP contribution is -2.44. The van der Waals surface area contributed by atoms with Crippen LogP contribution in [0.2, 0.25) is 12.6 Å². The first kappa shape index (κ1) is 17.5. The van der Waals surface area contributed by atoms with Crippen molar-refractivity contribution in [3.05, 3.63) is 0 Å². The molecule has 124 valence electrons. The van der Waals surface area contributed by atoms with Gasteiger partial charge in [0.1, 0.15) is 0 Å². The SMILES string of the molecule is CCO[Si](C)(CC1CCCCCC1)OC(C)C1CCCC1. The maximum atomic E-state index is 6.62. The van der Waals surface area contributed by atoms with Gasteiger partial charge in [0.05, 0.1) is 0 Å². The Morgan fingerprint density at radius 2 is 1.52 bits per heavy atom. The molecule has 2 rings (SSSR count). The van der Waals surface area contributed by atoms with E-state index in [4.69, 9.17) is 8.85 Å². The zero-order valence-corrected chi connectivity index (χ0v) is 15.5. The first-order valence-electron chi connectivity index (χ1n) is 9.45. The molecule has 2 aliphatic carbocycles. The second-order valence-electron chi connectivity index (χ2n) is 7.50. The van der Waals surface area contributed by atoms with Crippen molar-refractivity contribution in [2.45, 2.75) is 96.8 Å². The van der Waals surface area contributed by atoms with Crippen LogP contribution in [0.15, 0.2) is 0 Å². The summed E-state index contributed by atoms with van der Waals surface area (Å²) in [7, 11) is -1.99. The van der Waals surface area contributed by atoms with Gasteiger partial charge in [-0.3, -0.25) is 0 Å². The molecule has 0 radical (unpaired) electrons. The van der Waals surface area contributed by atoms with Crippen molar-refractivity contribution < 1.29 is 8.85 Å². The van der Waals surface area contributed by atoms with E-state index >= 15 is 0 Å². The molecule has 3 heteroatoms. The fourth-order valence-electron chi connectivity index (χ4n) is 4.46. The van der Waals surface area contributed by atoms with Gasteiger partial charge in [-0.2, -0.15) is 0 Å². The van der Waals surface area contributed by atoms with Crippen molar-refractivity contribution in [2.75, 3.05) is 6.61 Å². The Morgan fingerprint density at radius 3 is 2.10 bits per heavy atom. The Hall–Kier alpha value is 0.137. The first-order valence-corrected chi connectivity index (χ1v) is 12.0. The highest BCUT2D eigenvalue weighted by atomic mass is 28.4. The Balaban J connectivity index is 1.90. The summed E-state index contributed by atoms with van der Waals surface area (Å²) in [6.07, 6.45) is 14.4. The molecule has 0 N–H and O–H groups in total. The molecule has 21 heavy (non-hydrogen) atoms. The fraction of sp³-hybridized carbons (Fsp3) is 1.00. The average molecular weight is 313 g/mol. The highest BCUT2D eigenvalue weighted by Crippen LogP contribution is 2.35. The molecule has 0 aromatic carbocycles. The highest BCUT2D eigenvalue weighted by Gasteiger charge is 2.38. The Bertz CT molecular complexity index is 277. The maximum Gasteiger partial charge on any atom is 0.335 e. The lowest BCUT2D eigenvalue weighted by molar-refractivity contribution is 0.0878. The predicted molar refractivity (Wildman–Crippen MR) is 91.7 cm³/mol. The third kappa shape index (κ3) is 5.68. The molecule has 0 saturated heterocycles. The summed E-state index contributed by atoms with van der Waals surface area (Å²) in [5.74, 6) is 1.64. The summed E-state index contributed by atoms with van der Waals surface area (Å²) >= 11 is 0. The van der Waals surface area contributed by atoms with Crippen LogP contribution in [-0.4, -0.2) is 21.3 Å². The Kier molecular flexibility index (Phi) is 7.23. The standard InChI is InChI=1S/C18H36O2Si/c1-4-19-21(3,15-17-11-7-5-6-8-12-17)20-16(2)18-13-9-10-14-18/h16-18H,4-15H2,1-3H3. The molecule has 2 nitrogen and oxygen atoms in total. The average Bonchev–Trinajstić information content (AvgIpc) is 2.86. The normalized spacial score (nSPS) is 26.4. The largest absolute Gasteiger partial charge is 0.395 e. The van der Waals surface area contributed by atoms with Gasteiger partial charge in [0.2, 0.25) is 0 Å². The molecule has 2 atom stereocenters. The molecule has 0 aliphatic heterocycles. The van der Waals surface area contributed by atoms with Crippen molar-refractivity contribution in [1.82, 2.24) is 0 Å². The molecule has 0 bridgehead atoms. The van der Waals surface area contributed by atoms with Gasteiger partial charge in [-0.05, 0) is 51.1 Å². The van der Waals surface area contributed by atoms with Gasteiger partial charge < -0.3 is 8.85 Å². The van der Waals surface area contributed by atoms with E-state index in [0.717, 1.165) is 18.4 Å². The van der Waals surface area contributed by atoms with Crippen LogP contribution in [0.4, 0.5) is 0 Å². The van der Waals surface area contributed by atoms with E-state index in [1.54, 1.807) is 0 Å². The Morgan fingerprint density at radius 1 is 0.952 bits per heavy atom. The van der Waals surface area contributed by atoms with Crippen LogP contribution in [-0.2, 0) is 8.85 Å². The smallest absolute Gasteiger partial charge is 0.335 e. The number of hydrogen-bond donors (Lipinski definition) is 0. The van der Waals surface area contributed by atoms with E-state index in [1.807, 2.05) is 0 Å². The van der Waals surface area contributed by atoms with E-state index in [-0.39, 0.29) is 0 Å². The molecular formula is C18H36O2Si. The molecule has 0 aromatic rings. The molecule has 2 saturated carbocycles. The van der Waals surface area contributed by atoms with Crippen molar-refractivity contribution in [3.63, 3.8) is 0 Å². The van der Waals surface area contributed by atoms with Crippen LogP contribution >= 0.6 is 0 Å². The topological polar surface area (TPSA) is 18.5 Å². The predicted octanol–water partition coefficient (Wildman–Crippen LogP) is 5.66. The maximum absolute atomic E-state index is 6.62. The summed E-state index contributed by atoms with van der Waals surface area (Å²) < 4.78 is 12.8. The molecular weight excluding hydrogens is 276 g/mol. The summed E-state index contributed by atoms with van der Waals surface area (Å²) in [6, 6.07) is 1.22. The van der Waals surface area contributed by atoms with Gasteiger partial charge >= 0.3 is 8.56 Å². The number of hydrogen-bond acceptors (Lipinski definition) is 2. The van der Waals surface area contributed by atoms with Crippen LogP contribution in [0.3, 0.4) is 0 Å². The zero-order valence-electron chi connectivity index (χ0n) is 14.5. The van der Waals surface area contributed by atoms with Crippen molar-refractivity contribution in [1.29, 1.82) is 0 Å². The minimum Gasteiger partial charge on any atom is -0.395 e. The summed E-state index contributed by atoms with van der Waals surface area (Å²) in [6.45, 7) is 7.56. The van der Waals surface area contributed by atoms with Crippen LogP contribution < -0.4 is 0 Å². The number of rotatable bonds is 7. The Labute approximate surface area is 133 Å². The van der Waals surface area contributed by atoms with Crippen LogP contribution in [0.5, 0.6) is 0 Å². The van der Waals surface area contributed by atoms with Crippen LogP contribution in [0, 0.1) is 11.8 Å². The third-order valence-corrected chi connectivity index (χ3v) is 8.67. The van der Waals surface area contributed by atoms with E-state index in [1.165, 1.54) is 70.3 Å². The molecule has 2 fully saturated rings. The lowest BCUT2D eigenvalue weighted by atomic mass is 10.0. The van der Waals surface area contributed by atoms with E-state index in [0.29, 0.717) is 6.10 Å². The van der Waals surface area contributed by atoms with E-state index < -0.39 is 8.56 Å². The summed E-state index contributed by atoms with van der Waals surface area (Å²) in [4.78, 5) is 0. The van der Waals surface area contributed by atoms with E-state index in [9.17, 15) is 0 Å². The molecule has 0 amide bonds. The zero-order chi connectivity index (χ0) is 15.1. The molecule has 2 aliphatic rings. The highest BCUT2D eigenvalue weighted by molar-refractivity contribution is 6.66. The van der Waals surface area contributed by atoms with Gasteiger partial charge in [0.15, 0.2) is 0 Å². The van der Waals surface area contributed by atoms with Crippen LogP contribution in [0.1, 0.15) is 78.1 Å². The van der Waals surface area contributed by atoms with E-state index in [2.05, 4.69) is 20.4 Å². The van der Waals surface area contributed by atoms with Crippen molar-refractivity contribution in [2.24, 2.45) is 11.8 Å². The van der Waals surface area contributed by atoms with Crippen molar-refractivity contribution in [3.8, 4) is 0 Å². The molecule has 0 spiro atoms. The molecule has 0 heterocycles. The second kappa shape index (κ2) is 8.69. The minimum absolute atomic E-state index is 0.404. The molecule has 0 aromatic heterocycles. The molecule has 2 unspecified atom stereocenters. The van der Waals surface area contributed by atoms with Crippen LogP contribution in [0.25, 0.3) is 0 Å². The fourth-order valence-corrected chi connectivity index (χ4v) is 7.78. The van der Waals surface area contributed by atoms with Gasteiger partial charge in [-0.1, -0.05) is 51.4 Å². The second-order valence-corrected chi connectivity index (χ2v) is 10.7. The van der Waals surface area contributed by atoms with Gasteiger partial charge in [-0.15, -0.1) is 0 Å². The third-order valence-electron chi connectivity index (χ3n) is 5.58.